The number of hydrogen-bond donors (Lipinski definition) is 6. The number of aliphatic hydroxyl groups is 2. The van der Waals surface area contributed by atoms with Crippen LogP contribution in [0.2, 0.25) is 0 Å². The minimum Gasteiger partial charge on any atom is -0.462 e. The Kier molecular flexibility index (Phi) is 9.24. The minimum absolute atomic E-state index is 0.199. The van der Waals surface area contributed by atoms with E-state index in [0.29, 0.717) is 11.4 Å². The summed E-state index contributed by atoms with van der Waals surface area (Å²) in [5.41, 5.74) is -3.60. The Morgan fingerprint density at radius 1 is 1.32 bits per heavy atom. The number of aromatic amines is 1. The van der Waals surface area contributed by atoms with Gasteiger partial charge in [0.05, 0.1) is 12.7 Å². The van der Waals surface area contributed by atoms with Crippen LogP contribution < -0.4 is 27.0 Å². The number of amides is 3. The molecule has 2 saturated heterocycles. The van der Waals surface area contributed by atoms with Crippen molar-refractivity contribution in [3.63, 3.8) is 0 Å². The molecule has 16 nitrogen and oxygen atoms in total. The predicted octanol–water partition coefficient (Wildman–Crippen LogP) is -1.46. The molecule has 38 heavy (non-hydrogen) atoms. The Bertz CT molecular complexity index is 1230. The van der Waals surface area contributed by atoms with Gasteiger partial charge in [-0.25, -0.2) is 14.7 Å². The highest BCUT2D eigenvalue weighted by Gasteiger charge is 2.54. The van der Waals surface area contributed by atoms with E-state index in [9.17, 15) is 38.8 Å². The molecule has 7 atom stereocenters. The number of carbonyl (C=O) groups is 3. The largest absolute Gasteiger partial charge is 0.462 e. The summed E-state index contributed by atoms with van der Waals surface area (Å²) in [6, 6.07) is -1.82. The normalized spacial score (nSPS) is 29.6. The Morgan fingerprint density at radius 2 is 2.00 bits per heavy atom. The highest BCUT2D eigenvalue weighted by molar-refractivity contribution is 8.56. The maximum atomic E-state index is 13.7. The lowest BCUT2D eigenvalue weighted by molar-refractivity contribution is -0.149. The van der Waals surface area contributed by atoms with Crippen molar-refractivity contribution in [2.45, 2.75) is 69.9 Å². The number of urea groups is 1. The van der Waals surface area contributed by atoms with Crippen LogP contribution in [0.15, 0.2) is 21.9 Å². The van der Waals surface area contributed by atoms with Crippen molar-refractivity contribution in [2.75, 3.05) is 12.4 Å². The molecule has 0 aliphatic carbocycles. The number of carbonyl (C=O) groups excluding carboxylic acids is 3. The van der Waals surface area contributed by atoms with E-state index >= 15 is 0 Å². The molecule has 0 bridgehead atoms. The summed E-state index contributed by atoms with van der Waals surface area (Å²) in [5.74, 6) is -1.57. The lowest BCUT2D eigenvalue weighted by Gasteiger charge is -2.27. The van der Waals surface area contributed by atoms with Gasteiger partial charge in [-0.3, -0.25) is 33.8 Å². The maximum absolute atomic E-state index is 13.7. The molecular weight excluding hydrogens is 549 g/mol. The number of nitrogens with zero attached hydrogens (tertiary/aromatic N) is 1. The van der Waals surface area contributed by atoms with Crippen LogP contribution in [0.5, 0.6) is 0 Å². The molecule has 1 aromatic rings. The molecular formula is C20H30N5O11PS. The Balaban J connectivity index is 1.76. The fraction of sp³-hybridized carbons (Fsp3) is 0.650. The summed E-state index contributed by atoms with van der Waals surface area (Å²) >= 11 is 0.622. The van der Waals surface area contributed by atoms with Gasteiger partial charge in [-0.2, -0.15) is 0 Å². The zero-order chi connectivity index (χ0) is 28.4. The number of ether oxygens (including phenoxy) is 2. The zero-order valence-electron chi connectivity index (χ0n) is 20.9. The first-order chi connectivity index (χ1) is 17.6. The Labute approximate surface area is 220 Å². The standard InChI is InChI=1S/C20H30N5O11PS/c1-9(2)35-16(29)10(3)24-37(33,38-8-11-15(28)23-18(30)21-11)34-7-12-14(27)20(4,32)17(36-12)25-6-5-13(26)22-19(25)31/h5-6,9-12,14,17,27,32H,7-8H2,1-4H3,(H,24,33)(H,22,26,31)(H2,21,23,28,30)/t10-,11?,12-,14-,17-,20-,37?/m1/s1. The number of rotatable bonds is 11. The van der Waals surface area contributed by atoms with Crippen molar-refractivity contribution in [1.82, 2.24) is 25.3 Å². The number of hydrogen-bond acceptors (Lipinski definition) is 12. The van der Waals surface area contributed by atoms with Gasteiger partial charge in [0.25, 0.3) is 11.5 Å². The van der Waals surface area contributed by atoms with E-state index in [1.54, 1.807) is 13.8 Å². The maximum Gasteiger partial charge on any atom is 0.330 e. The van der Waals surface area contributed by atoms with Gasteiger partial charge in [0, 0.05) is 18.0 Å². The first-order valence-corrected chi connectivity index (χ1v) is 14.7. The average Bonchev–Trinajstić information content (AvgIpc) is 3.25. The second-order valence-corrected chi connectivity index (χ2v) is 13.5. The monoisotopic (exact) mass is 579 g/mol. The van der Waals surface area contributed by atoms with Gasteiger partial charge in [0.2, 0.25) is 0 Å². The molecule has 18 heteroatoms. The second-order valence-electron chi connectivity index (χ2n) is 9.16. The van der Waals surface area contributed by atoms with Crippen LogP contribution in [-0.2, 0) is 28.2 Å². The quantitative estimate of drug-likeness (QED) is 0.100. The van der Waals surface area contributed by atoms with E-state index in [1.165, 1.54) is 13.8 Å². The van der Waals surface area contributed by atoms with E-state index in [0.717, 1.165) is 16.8 Å². The molecule has 3 amide bonds. The van der Waals surface area contributed by atoms with Gasteiger partial charge in [-0.1, -0.05) is 11.4 Å². The SMILES string of the molecule is CC(C)OC(=O)[C@@H](C)NP(=O)(OC[C@H]1O[C@@H](n2ccc(=O)[nH]c2=O)[C@](C)(O)[C@@H]1O)SCC1NC(=O)NC1=O. The average molecular weight is 580 g/mol. The number of nitrogens with one attached hydrogen (secondary N) is 4. The molecule has 0 spiro atoms. The van der Waals surface area contributed by atoms with E-state index in [-0.39, 0.29) is 5.75 Å². The van der Waals surface area contributed by atoms with Gasteiger partial charge in [0.1, 0.15) is 29.9 Å². The van der Waals surface area contributed by atoms with Gasteiger partial charge in [-0.05, 0) is 27.7 Å². The number of esters is 1. The number of aliphatic hydroxyl groups excluding tert-OH is 1. The first-order valence-electron chi connectivity index (χ1n) is 11.5. The fourth-order valence-electron chi connectivity index (χ4n) is 3.65. The molecule has 2 fully saturated rings. The molecule has 6 N–H and O–H groups in total. The summed E-state index contributed by atoms with van der Waals surface area (Å²) in [6.07, 6.45) is -3.74. The highest BCUT2D eigenvalue weighted by atomic mass is 32.7. The lowest BCUT2D eigenvalue weighted by atomic mass is 9.96. The van der Waals surface area contributed by atoms with E-state index in [4.69, 9.17) is 14.0 Å². The van der Waals surface area contributed by atoms with Crippen molar-refractivity contribution in [2.24, 2.45) is 0 Å². The highest BCUT2D eigenvalue weighted by Crippen LogP contribution is 2.57. The van der Waals surface area contributed by atoms with Crippen LogP contribution in [-0.4, -0.2) is 86.0 Å². The zero-order valence-corrected chi connectivity index (χ0v) is 22.6. The van der Waals surface area contributed by atoms with Gasteiger partial charge in [-0.15, -0.1) is 0 Å². The van der Waals surface area contributed by atoms with Gasteiger partial charge in [0.15, 0.2) is 6.23 Å². The molecule has 2 aliphatic heterocycles. The van der Waals surface area contributed by atoms with Crippen molar-refractivity contribution >= 4 is 36.0 Å². The first kappa shape index (κ1) is 30.0. The molecule has 2 aliphatic rings. The molecule has 2 unspecified atom stereocenters. The summed E-state index contributed by atoms with van der Waals surface area (Å²) in [4.78, 5) is 61.2. The summed E-state index contributed by atoms with van der Waals surface area (Å²) < 4.78 is 30.9. The van der Waals surface area contributed by atoms with Crippen LogP contribution >= 0.6 is 18.1 Å². The van der Waals surface area contributed by atoms with Crippen molar-refractivity contribution in [3.05, 3.63) is 33.1 Å². The van der Waals surface area contributed by atoms with Gasteiger partial charge >= 0.3 is 24.4 Å². The van der Waals surface area contributed by atoms with Crippen LogP contribution in [0, 0.1) is 0 Å². The fourth-order valence-corrected chi connectivity index (χ4v) is 7.51. The minimum atomic E-state index is -4.05. The number of H-pyrrole nitrogens is 1. The smallest absolute Gasteiger partial charge is 0.330 e. The van der Waals surface area contributed by atoms with Crippen LogP contribution in [0.4, 0.5) is 4.79 Å². The molecule has 0 aromatic carbocycles. The van der Waals surface area contributed by atoms with E-state index < -0.39 is 84.7 Å². The molecule has 3 rings (SSSR count). The summed E-state index contributed by atoms with van der Waals surface area (Å²) in [6.45, 7) is 1.21. The Hall–Kier alpha value is -2.53. The predicted molar refractivity (Wildman–Crippen MR) is 132 cm³/mol. The number of imide groups is 1. The molecule has 0 radical (unpaired) electrons. The lowest BCUT2D eigenvalue weighted by Crippen LogP contribution is -2.47. The van der Waals surface area contributed by atoms with Crippen LogP contribution in [0.25, 0.3) is 0 Å². The third-order valence-electron chi connectivity index (χ3n) is 5.59. The summed E-state index contributed by atoms with van der Waals surface area (Å²) in [7, 11) is 0. The van der Waals surface area contributed by atoms with E-state index in [1.807, 2.05) is 10.3 Å². The van der Waals surface area contributed by atoms with Gasteiger partial charge < -0.3 is 29.5 Å². The summed E-state index contributed by atoms with van der Waals surface area (Å²) in [5, 5.41) is 28.5. The van der Waals surface area contributed by atoms with Crippen LogP contribution in [0.1, 0.15) is 33.9 Å². The molecule has 212 valence electrons. The van der Waals surface area contributed by atoms with Crippen molar-refractivity contribution in [1.29, 1.82) is 0 Å². The second kappa shape index (κ2) is 11.7. The van der Waals surface area contributed by atoms with Crippen molar-refractivity contribution < 1.29 is 43.2 Å². The number of aromatic nitrogens is 2. The molecule has 3 heterocycles. The van der Waals surface area contributed by atoms with Crippen molar-refractivity contribution in [3.8, 4) is 0 Å². The van der Waals surface area contributed by atoms with Crippen LogP contribution in [0.3, 0.4) is 0 Å². The topological polar surface area (TPSA) is 227 Å². The third kappa shape index (κ3) is 6.91. The van der Waals surface area contributed by atoms with E-state index in [2.05, 4.69) is 10.4 Å². The third-order valence-corrected chi connectivity index (χ3v) is 9.71. The molecule has 0 saturated carbocycles. The Morgan fingerprint density at radius 3 is 2.58 bits per heavy atom. The molecule has 1 aromatic heterocycles.